The minimum Gasteiger partial charge on any atom is -0.497 e. The van der Waals surface area contributed by atoms with Gasteiger partial charge in [-0.2, -0.15) is 5.10 Å². The predicted octanol–water partition coefficient (Wildman–Crippen LogP) is 2.87. The highest BCUT2D eigenvalue weighted by Gasteiger charge is 2.13. The number of rotatable bonds is 6. The lowest BCUT2D eigenvalue weighted by molar-refractivity contribution is 0.0951. The van der Waals surface area contributed by atoms with Crippen molar-refractivity contribution in [2.75, 3.05) is 21.3 Å². The van der Waals surface area contributed by atoms with Gasteiger partial charge >= 0.3 is 0 Å². The Balaban J connectivity index is 2.13. The SMILES string of the molecule is COc1ccc(/C(C)=N\NC(=O)c2ccc(OC)cc2OC)cc1. The van der Waals surface area contributed by atoms with Crippen molar-refractivity contribution in [2.24, 2.45) is 5.10 Å². The van der Waals surface area contributed by atoms with Crippen LogP contribution in [0.4, 0.5) is 0 Å². The largest absolute Gasteiger partial charge is 0.497 e. The van der Waals surface area contributed by atoms with Gasteiger partial charge in [-0.1, -0.05) is 0 Å². The van der Waals surface area contributed by atoms with Gasteiger partial charge in [0.25, 0.3) is 5.91 Å². The van der Waals surface area contributed by atoms with E-state index in [0.717, 1.165) is 11.3 Å². The number of nitrogens with one attached hydrogen (secondary N) is 1. The molecule has 2 rings (SSSR count). The Morgan fingerprint density at radius 2 is 1.54 bits per heavy atom. The number of hydrogen-bond acceptors (Lipinski definition) is 5. The highest BCUT2D eigenvalue weighted by molar-refractivity contribution is 6.01. The number of carbonyl (C=O) groups excluding carboxylic acids is 1. The zero-order chi connectivity index (χ0) is 17.5. The molecule has 2 aromatic rings. The number of ether oxygens (including phenoxy) is 3. The van der Waals surface area contributed by atoms with Gasteiger partial charge in [0.05, 0.1) is 32.6 Å². The van der Waals surface area contributed by atoms with Crippen LogP contribution < -0.4 is 19.6 Å². The van der Waals surface area contributed by atoms with E-state index in [1.165, 1.54) is 7.11 Å². The zero-order valence-electron chi connectivity index (χ0n) is 14.1. The third kappa shape index (κ3) is 4.04. The third-order valence-corrected chi connectivity index (χ3v) is 3.49. The summed E-state index contributed by atoms with van der Waals surface area (Å²) in [7, 11) is 4.66. The summed E-state index contributed by atoms with van der Waals surface area (Å²) in [5.41, 5.74) is 4.48. The number of amides is 1. The van der Waals surface area contributed by atoms with Gasteiger partial charge in [-0.05, 0) is 48.9 Å². The molecule has 0 radical (unpaired) electrons. The fourth-order valence-electron chi connectivity index (χ4n) is 2.08. The van der Waals surface area contributed by atoms with Crippen molar-refractivity contribution in [3.8, 4) is 17.2 Å². The second-order valence-corrected chi connectivity index (χ2v) is 4.93. The summed E-state index contributed by atoms with van der Waals surface area (Å²) < 4.78 is 15.5. The molecule has 1 N–H and O–H groups in total. The molecule has 2 aromatic carbocycles. The average molecular weight is 328 g/mol. The van der Waals surface area contributed by atoms with E-state index >= 15 is 0 Å². The third-order valence-electron chi connectivity index (χ3n) is 3.49. The van der Waals surface area contributed by atoms with E-state index in [9.17, 15) is 4.79 Å². The molecule has 0 fully saturated rings. The Morgan fingerprint density at radius 3 is 2.12 bits per heavy atom. The van der Waals surface area contributed by atoms with E-state index in [4.69, 9.17) is 14.2 Å². The summed E-state index contributed by atoms with van der Waals surface area (Å²) in [5, 5.41) is 4.13. The first kappa shape index (κ1) is 17.3. The standard InChI is InChI=1S/C18H20N2O4/c1-12(13-5-7-14(22-2)8-6-13)19-20-18(21)16-10-9-15(23-3)11-17(16)24-4/h5-11H,1-4H3,(H,20,21)/b19-12-. The normalized spacial score (nSPS) is 10.9. The number of methoxy groups -OCH3 is 3. The number of hydrogen-bond donors (Lipinski definition) is 1. The maximum absolute atomic E-state index is 12.3. The molecule has 0 heterocycles. The molecule has 0 saturated heterocycles. The van der Waals surface area contributed by atoms with Crippen molar-refractivity contribution in [1.29, 1.82) is 0 Å². The molecule has 0 bridgehead atoms. The smallest absolute Gasteiger partial charge is 0.275 e. The number of nitrogens with zero attached hydrogens (tertiary/aromatic N) is 1. The summed E-state index contributed by atoms with van der Waals surface area (Å²) in [5.74, 6) is 1.44. The lowest BCUT2D eigenvalue weighted by Crippen LogP contribution is -2.20. The van der Waals surface area contributed by atoms with Crippen LogP contribution in [0.3, 0.4) is 0 Å². The minimum atomic E-state index is -0.359. The van der Waals surface area contributed by atoms with E-state index in [2.05, 4.69) is 10.5 Å². The van der Waals surface area contributed by atoms with Gasteiger partial charge in [-0.15, -0.1) is 0 Å². The van der Waals surface area contributed by atoms with Gasteiger partial charge in [0.2, 0.25) is 0 Å². The Bertz CT molecular complexity index is 739. The van der Waals surface area contributed by atoms with Gasteiger partial charge in [0.15, 0.2) is 0 Å². The average Bonchev–Trinajstić information content (AvgIpc) is 2.65. The molecule has 0 atom stereocenters. The topological polar surface area (TPSA) is 69.2 Å². The van der Waals surface area contributed by atoms with Crippen LogP contribution in [0.1, 0.15) is 22.8 Å². The van der Waals surface area contributed by atoms with Crippen LogP contribution in [0.2, 0.25) is 0 Å². The van der Waals surface area contributed by atoms with E-state index in [1.54, 1.807) is 32.4 Å². The van der Waals surface area contributed by atoms with Crippen LogP contribution in [-0.2, 0) is 0 Å². The lowest BCUT2D eigenvalue weighted by atomic mass is 10.1. The maximum atomic E-state index is 12.3. The molecule has 6 heteroatoms. The fraction of sp³-hybridized carbons (Fsp3) is 0.222. The first-order valence-electron chi connectivity index (χ1n) is 7.30. The number of carbonyl (C=O) groups is 1. The molecule has 0 unspecified atom stereocenters. The molecular weight excluding hydrogens is 308 g/mol. The van der Waals surface area contributed by atoms with Crippen molar-refractivity contribution in [2.45, 2.75) is 6.92 Å². The summed E-state index contributed by atoms with van der Waals surface area (Å²) in [6, 6.07) is 12.4. The van der Waals surface area contributed by atoms with Gasteiger partial charge in [-0.25, -0.2) is 5.43 Å². The van der Waals surface area contributed by atoms with Crippen LogP contribution in [0.5, 0.6) is 17.2 Å². The van der Waals surface area contributed by atoms with Crippen molar-refractivity contribution in [3.63, 3.8) is 0 Å². The summed E-state index contributed by atoms with van der Waals surface area (Å²) in [4.78, 5) is 12.3. The maximum Gasteiger partial charge on any atom is 0.275 e. The van der Waals surface area contributed by atoms with Crippen LogP contribution in [-0.4, -0.2) is 32.9 Å². The first-order valence-corrected chi connectivity index (χ1v) is 7.30. The predicted molar refractivity (Wildman–Crippen MR) is 92.2 cm³/mol. The highest BCUT2D eigenvalue weighted by Crippen LogP contribution is 2.24. The fourth-order valence-corrected chi connectivity index (χ4v) is 2.08. The van der Waals surface area contributed by atoms with Gasteiger partial charge in [0, 0.05) is 6.07 Å². The Morgan fingerprint density at radius 1 is 0.917 bits per heavy atom. The Kier molecular flexibility index (Phi) is 5.78. The molecule has 126 valence electrons. The van der Waals surface area contributed by atoms with Crippen LogP contribution in [0.15, 0.2) is 47.6 Å². The van der Waals surface area contributed by atoms with Crippen LogP contribution >= 0.6 is 0 Å². The lowest BCUT2D eigenvalue weighted by Gasteiger charge is -2.09. The van der Waals surface area contributed by atoms with Crippen LogP contribution in [0, 0.1) is 0 Å². The van der Waals surface area contributed by atoms with Crippen molar-refractivity contribution in [1.82, 2.24) is 5.43 Å². The molecule has 0 aromatic heterocycles. The Labute approximate surface area is 141 Å². The van der Waals surface area contributed by atoms with Gasteiger partial charge in [-0.3, -0.25) is 4.79 Å². The number of benzene rings is 2. The molecule has 0 saturated carbocycles. The molecule has 0 spiro atoms. The zero-order valence-corrected chi connectivity index (χ0v) is 14.1. The second kappa shape index (κ2) is 8.01. The molecule has 0 aliphatic carbocycles. The van der Waals surface area contributed by atoms with E-state index in [-0.39, 0.29) is 5.91 Å². The molecular formula is C18H20N2O4. The summed E-state index contributed by atoms with van der Waals surface area (Å²) >= 11 is 0. The van der Waals surface area contributed by atoms with Gasteiger partial charge < -0.3 is 14.2 Å². The van der Waals surface area contributed by atoms with Crippen molar-refractivity contribution in [3.05, 3.63) is 53.6 Å². The van der Waals surface area contributed by atoms with Crippen molar-refractivity contribution < 1.29 is 19.0 Å². The summed E-state index contributed by atoms with van der Waals surface area (Å²) in [6.07, 6.45) is 0. The number of hydrazone groups is 1. The molecule has 0 aliphatic rings. The minimum absolute atomic E-state index is 0.359. The highest BCUT2D eigenvalue weighted by atomic mass is 16.5. The molecule has 6 nitrogen and oxygen atoms in total. The Hall–Kier alpha value is -3.02. The summed E-state index contributed by atoms with van der Waals surface area (Å²) in [6.45, 7) is 1.81. The molecule has 1 amide bonds. The second-order valence-electron chi connectivity index (χ2n) is 4.93. The van der Waals surface area contributed by atoms with E-state index < -0.39 is 0 Å². The first-order chi connectivity index (χ1) is 11.6. The van der Waals surface area contributed by atoms with Gasteiger partial charge in [0.1, 0.15) is 17.2 Å². The molecule has 24 heavy (non-hydrogen) atoms. The quantitative estimate of drug-likeness (QED) is 0.654. The monoisotopic (exact) mass is 328 g/mol. The van der Waals surface area contributed by atoms with E-state index in [1.807, 2.05) is 31.2 Å². The van der Waals surface area contributed by atoms with Crippen molar-refractivity contribution >= 4 is 11.6 Å². The van der Waals surface area contributed by atoms with Crippen LogP contribution in [0.25, 0.3) is 0 Å². The molecule has 0 aliphatic heterocycles. The van der Waals surface area contributed by atoms with E-state index in [0.29, 0.717) is 22.8 Å².